The number of hydrogen-bond donors (Lipinski definition) is 1. The number of carbonyl (C=O) groups excluding carboxylic acids is 1. The first-order chi connectivity index (χ1) is 11.7. The van der Waals surface area contributed by atoms with Gasteiger partial charge in [0.25, 0.3) is 5.91 Å². The van der Waals surface area contributed by atoms with Gasteiger partial charge < -0.3 is 15.0 Å². The third kappa shape index (κ3) is 4.64. The van der Waals surface area contributed by atoms with Gasteiger partial charge in [-0.05, 0) is 18.8 Å². The SMILES string of the molecule is CC1CCN(c2ncc(C(=O)NCCN3CCOCC3)cn2)CC1. The highest BCUT2D eigenvalue weighted by Crippen LogP contribution is 2.19. The van der Waals surface area contributed by atoms with Gasteiger partial charge in [-0.3, -0.25) is 9.69 Å². The Morgan fingerprint density at radius 3 is 2.54 bits per heavy atom. The van der Waals surface area contributed by atoms with Gasteiger partial charge >= 0.3 is 0 Å². The van der Waals surface area contributed by atoms with Gasteiger partial charge in [0.05, 0.1) is 18.8 Å². The van der Waals surface area contributed by atoms with Crippen molar-refractivity contribution in [3.63, 3.8) is 0 Å². The summed E-state index contributed by atoms with van der Waals surface area (Å²) in [5.41, 5.74) is 0.520. The molecule has 1 N–H and O–H groups in total. The van der Waals surface area contributed by atoms with Crippen LogP contribution in [0.5, 0.6) is 0 Å². The summed E-state index contributed by atoms with van der Waals surface area (Å²) >= 11 is 0. The van der Waals surface area contributed by atoms with Gasteiger partial charge in [0.15, 0.2) is 0 Å². The first-order valence-electron chi connectivity index (χ1n) is 8.87. The summed E-state index contributed by atoms with van der Waals surface area (Å²) in [6.07, 6.45) is 5.61. The number of nitrogens with zero attached hydrogens (tertiary/aromatic N) is 4. The van der Waals surface area contributed by atoms with Gasteiger partial charge in [0.2, 0.25) is 5.95 Å². The molecule has 0 radical (unpaired) electrons. The lowest BCUT2D eigenvalue weighted by atomic mass is 10.00. The predicted molar refractivity (Wildman–Crippen MR) is 92.2 cm³/mol. The summed E-state index contributed by atoms with van der Waals surface area (Å²) in [7, 11) is 0. The third-order valence-electron chi connectivity index (χ3n) is 4.78. The summed E-state index contributed by atoms with van der Waals surface area (Å²) in [6, 6.07) is 0. The standard InChI is InChI=1S/C17H27N5O2/c1-14-2-5-22(6-3-14)17-19-12-15(13-20-17)16(23)18-4-7-21-8-10-24-11-9-21/h12-14H,2-11H2,1H3,(H,18,23). The molecule has 7 nitrogen and oxygen atoms in total. The Morgan fingerprint density at radius 2 is 1.88 bits per heavy atom. The summed E-state index contributed by atoms with van der Waals surface area (Å²) in [6.45, 7) is 9.16. The fraction of sp³-hybridized carbons (Fsp3) is 0.706. The number of anilines is 1. The first-order valence-corrected chi connectivity index (χ1v) is 8.87. The summed E-state index contributed by atoms with van der Waals surface area (Å²) in [5, 5.41) is 2.94. The maximum atomic E-state index is 12.2. The Balaban J connectivity index is 1.45. The highest BCUT2D eigenvalue weighted by molar-refractivity contribution is 5.93. The number of aromatic nitrogens is 2. The molecular formula is C17H27N5O2. The second-order valence-electron chi connectivity index (χ2n) is 6.65. The molecule has 3 rings (SSSR count). The number of amides is 1. The average molecular weight is 333 g/mol. The van der Waals surface area contributed by atoms with E-state index in [1.807, 2.05) is 0 Å². The molecule has 132 valence electrons. The quantitative estimate of drug-likeness (QED) is 0.858. The van der Waals surface area contributed by atoms with Gasteiger partial charge in [-0.2, -0.15) is 0 Å². The van der Waals surface area contributed by atoms with Gasteiger partial charge in [-0.25, -0.2) is 9.97 Å². The topological polar surface area (TPSA) is 70.6 Å². The summed E-state index contributed by atoms with van der Waals surface area (Å²) in [5.74, 6) is 1.40. The van der Waals surface area contributed by atoms with E-state index in [2.05, 4.69) is 32.0 Å². The molecular weight excluding hydrogens is 306 g/mol. The van der Waals surface area contributed by atoms with Crippen molar-refractivity contribution >= 4 is 11.9 Å². The lowest BCUT2D eigenvalue weighted by Gasteiger charge is -2.30. The second-order valence-corrected chi connectivity index (χ2v) is 6.65. The van der Waals surface area contributed by atoms with Crippen LogP contribution in [-0.2, 0) is 4.74 Å². The van der Waals surface area contributed by atoms with Crippen molar-refractivity contribution < 1.29 is 9.53 Å². The van der Waals surface area contributed by atoms with Crippen molar-refractivity contribution in [3.8, 4) is 0 Å². The molecule has 1 aromatic rings. The zero-order valence-corrected chi connectivity index (χ0v) is 14.4. The van der Waals surface area contributed by atoms with Crippen LogP contribution in [0.25, 0.3) is 0 Å². The van der Waals surface area contributed by atoms with Crippen LogP contribution in [0.3, 0.4) is 0 Å². The van der Waals surface area contributed by atoms with E-state index < -0.39 is 0 Å². The number of nitrogens with one attached hydrogen (secondary N) is 1. The summed E-state index contributed by atoms with van der Waals surface area (Å²) in [4.78, 5) is 25.4. The Bertz CT molecular complexity index is 522. The number of hydrogen-bond acceptors (Lipinski definition) is 6. The average Bonchev–Trinajstić information content (AvgIpc) is 2.63. The Morgan fingerprint density at radius 1 is 1.21 bits per heavy atom. The van der Waals surface area contributed by atoms with Crippen LogP contribution in [0.15, 0.2) is 12.4 Å². The Hall–Kier alpha value is -1.73. The van der Waals surface area contributed by atoms with Crippen LogP contribution in [0.1, 0.15) is 30.1 Å². The molecule has 1 aromatic heterocycles. The summed E-state index contributed by atoms with van der Waals surface area (Å²) < 4.78 is 5.31. The monoisotopic (exact) mass is 333 g/mol. The van der Waals surface area contributed by atoms with Crippen LogP contribution in [0.4, 0.5) is 5.95 Å². The molecule has 3 heterocycles. The molecule has 0 aliphatic carbocycles. The molecule has 0 bridgehead atoms. The second kappa shape index (κ2) is 8.39. The normalized spacial score (nSPS) is 20.1. The third-order valence-corrected chi connectivity index (χ3v) is 4.78. The number of morpholine rings is 1. The van der Waals surface area contributed by atoms with Crippen LogP contribution in [0, 0.1) is 5.92 Å². The fourth-order valence-corrected chi connectivity index (χ4v) is 3.06. The number of ether oxygens (including phenoxy) is 1. The van der Waals surface area contributed by atoms with Gasteiger partial charge in [0.1, 0.15) is 0 Å². The van der Waals surface area contributed by atoms with E-state index >= 15 is 0 Å². The van der Waals surface area contributed by atoms with Crippen molar-refractivity contribution in [1.82, 2.24) is 20.2 Å². The van der Waals surface area contributed by atoms with E-state index in [4.69, 9.17) is 4.74 Å². The number of piperidine rings is 1. The molecule has 0 spiro atoms. The molecule has 2 saturated heterocycles. The molecule has 2 aliphatic rings. The predicted octanol–water partition coefficient (Wildman–Crippen LogP) is 0.775. The molecule has 1 amide bonds. The fourth-order valence-electron chi connectivity index (χ4n) is 3.06. The lowest BCUT2D eigenvalue weighted by Crippen LogP contribution is -2.41. The zero-order chi connectivity index (χ0) is 16.8. The van der Waals surface area contributed by atoms with Crippen molar-refractivity contribution in [2.24, 2.45) is 5.92 Å². The van der Waals surface area contributed by atoms with E-state index in [1.54, 1.807) is 12.4 Å². The lowest BCUT2D eigenvalue weighted by molar-refractivity contribution is 0.0383. The first kappa shape index (κ1) is 17.1. The van der Waals surface area contributed by atoms with E-state index in [1.165, 1.54) is 12.8 Å². The minimum atomic E-state index is -0.109. The Labute approximate surface area is 143 Å². The van der Waals surface area contributed by atoms with Crippen LogP contribution < -0.4 is 10.2 Å². The molecule has 2 fully saturated rings. The molecule has 0 aromatic carbocycles. The maximum Gasteiger partial charge on any atom is 0.254 e. The van der Waals surface area contributed by atoms with E-state index in [0.29, 0.717) is 12.1 Å². The van der Waals surface area contributed by atoms with Crippen molar-refractivity contribution in [1.29, 1.82) is 0 Å². The minimum Gasteiger partial charge on any atom is -0.379 e. The van der Waals surface area contributed by atoms with E-state index in [-0.39, 0.29) is 5.91 Å². The highest BCUT2D eigenvalue weighted by atomic mass is 16.5. The minimum absolute atomic E-state index is 0.109. The number of carbonyl (C=O) groups is 1. The highest BCUT2D eigenvalue weighted by Gasteiger charge is 2.18. The van der Waals surface area contributed by atoms with Crippen molar-refractivity contribution in [3.05, 3.63) is 18.0 Å². The molecule has 2 aliphatic heterocycles. The van der Waals surface area contributed by atoms with E-state index in [9.17, 15) is 4.79 Å². The maximum absolute atomic E-state index is 12.2. The van der Waals surface area contributed by atoms with Crippen LogP contribution in [0.2, 0.25) is 0 Å². The molecule has 0 atom stereocenters. The number of rotatable bonds is 5. The molecule has 0 saturated carbocycles. The molecule has 7 heteroatoms. The van der Waals surface area contributed by atoms with Gasteiger partial charge in [-0.1, -0.05) is 6.92 Å². The molecule has 24 heavy (non-hydrogen) atoms. The van der Waals surface area contributed by atoms with Crippen molar-refractivity contribution in [2.75, 3.05) is 57.4 Å². The van der Waals surface area contributed by atoms with Crippen LogP contribution >= 0.6 is 0 Å². The largest absolute Gasteiger partial charge is 0.379 e. The van der Waals surface area contributed by atoms with Crippen molar-refractivity contribution in [2.45, 2.75) is 19.8 Å². The smallest absolute Gasteiger partial charge is 0.254 e. The Kier molecular flexibility index (Phi) is 5.98. The zero-order valence-electron chi connectivity index (χ0n) is 14.4. The van der Waals surface area contributed by atoms with Crippen LogP contribution in [-0.4, -0.2) is 73.3 Å². The molecule has 0 unspecified atom stereocenters. The van der Waals surface area contributed by atoms with Gasteiger partial charge in [0, 0.05) is 51.7 Å². The van der Waals surface area contributed by atoms with E-state index in [0.717, 1.165) is 57.8 Å². The van der Waals surface area contributed by atoms with Gasteiger partial charge in [-0.15, -0.1) is 0 Å².